The molecule has 0 aliphatic heterocycles. The molecule has 0 N–H and O–H groups in total. The summed E-state index contributed by atoms with van der Waals surface area (Å²) in [5, 5.41) is 0. The summed E-state index contributed by atoms with van der Waals surface area (Å²) in [6.07, 6.45) is 8.73. The smallest absolute Gasteiger partial charge is 0.147 e. The van der Waals surface area contributed by atoms with Crippen LogP contribution >= 0.6 is 0 Å². The van der Waals surface area contributed by atoms with Crippen LogP contribution in [0.15, 0.2) is 0 Å². The lowest BCUT2D eigenvalue weighted by Crippen LogP contribution is -2.42. The van der Waals surface area contributed by atoms with Crippen molar-refractivity contribution in [3.8, 4) is 12.3 Å². The molecule has 0 saturated heterocycles. The fraction of sp³-hybridized carbons (Fsp3) is 0.667. The number of carbonyl (C=O) groups is 2. The molecule has 76 valence electrons. The highest BCUT2D eigenvalue weighted by atomic mass is 16.2. The summed E-state index contributed by atoms with van der Waals surface area (Å²) in [5.74, 6) is 2.61. The monoisotopic (exact) mass is 192 g/mol. The van der Waals surface area contributed by atoms with E-state index in [2.05, 4.69) is 5.92 Å². The van der Waals surface area contributed by atoms with Crippen LogP contribution in [0.1, 0.15) is 45.4 Å². The van der Waals surface area contributed by atoms with E-state index in [-0.39, 0.29) is 11.6 Å². The highest BCUT2D eigenvalue weighted by Crippen LogP contribution is 2.37. The number of ketones is 2. The largest absolute Gasteiger partial charge is 0.299 e. The fourth-order valence-corrected chi connectivity index (χ4v) is 2.21. The van der Waals surface area contributed by atoms with Gasteiger partial charge in [-0.25, -0.2) is 0 Å². The molecular weight excluding hydrogens is 176 g/mol. The lowest BCUT2D eigenvalue weighted by Gasteiger charge is -2.32. The number of Topliss-reactive ketones (excluding diaryl/α,β-unsaturated/α-hetero) is 2. The van der Waals surface area contributed by atoms with Gasteiger partial charge in [-0.05, 0) is 12.8 Å². The maximum Gasteiger partial charge on any atom is 0.147 e. The molecule has 0 bridgehead atoms. The normalized spacial score (nSPS) is 20.6. The van der Waals surface area contributed by atoms with Crippen molar-refractivity contribution in [1.29, 1.82) is 0 Å². The van der Waals surface area contributed by atoms with Crippen molar-refractivity contribution in [1.82, 2.24) is 0 Å². The summed E-state index contributed by atoms with van der Waals surface area (Å²) in [7, 11) is 0. The third-order valence-corrected chi connectivity index (χ3v) is 2.96. The molecule has 0 atom stereocenters. The van der Waals surface area contributed by atoms with E-state index >= 15 is 0 Å². The number of hydrogen-bond acceptors (Lipinski definition) is 2. The van der Waals surface area contributed by atoms with Gasteiger partial charge in [-0.2, -0.15) is 0 Å². The van der Waals surface area contributed by atoms with Gasteiger partial charge >= 0.3 is 0 Å². The van der Waals surface area contributed by atoms with Crippen molar-refractivity contribution >= 4 is 11.6 Å². The summed E-state index contributed by atoms with van der Waals surface area (Å²) < 4.78 is 0. The Kier molecular flexibility index (Phi) is 3.46. The van der Waals surface area contributed by atoms with Gasteiger partial charge in [0, 0.05) is 19.3 Å². The molecule has 2 heteroatoms. The van der Waals surface area contributed by atoms with Crippen molar-refractivity contribution < 1.29 is 9.59 Å². The van der Waals surface area contributed by atoms with Crippen LogP contribution in [0, 0.1) is 17.8 Å². The van der Waals surface area contributed by atoms with Gasteiger partial charge in [0.15, 0.2) is 0 Å². The Morgan fingerprint density at radius 2 is 1.93 bits per heavy atom. The molecule has 0 aromatic heterocycles. The molecule has 2 nitrogen and oxygen atoms in total. The van der Waals surface area contributed by atoms with E-state index in [4.69, 9.17) is 6.42 Å². The molecule has 1 rings (SSSR count). The van der Waals surface area contributed by atoms with Gasteiger partial charge in [-0.3, -0.25) is 9.59 Å². The highest BCUT2D eigenvalue weighted by Gasteiger charge is 2.45. The average Bonchev–Trinajstić information content (AvgIpc) is 2.15. The van der Waals surface area contributed by atoms with Crippen LogP contribution in [0.3, 0.4) is 0 Å². The minimum Gasteiger partial charge on any atom is -0.299 e. The molecule has 0 aromatic carbocycles. The fourth-order valence-electron chi connectivity index (χ4n) is 2.21. The Morgan fingerprint density at radius 3 is 2.36 bits per heavy atom. The molecule has 0 heterocycles. The molecule has 1 aliphatic carbocycles. The zero-order chi connectivity index (χ0) is 10.6. The number of hydrogen-bond donors (Lipinski definition) is 0. The quantitative estimate of drug-likeness (QED) is 0.507. The molecule has 0 unspecified atom stereocenters. The van der Waals surface area contributed by atoms with Crippen LogP contribution < -0.4 is 0 Å². The third-order valence-electron chi connectivity index (χ3n) is 2.96. The van der Waals surface area contributed by atoms with Crippen molar-refractivity contribution in [3.63, 3.8) is 0 Å². The minimum atomic E-state index is -0.818. The molecule has 0 aromatic rings. The van der Waals surface area contributed by atoms with Crippen molar-refractivity contribution in [2.75, 3.05) is 0 Å². The summed E-state index contributed by atoms with van der Waals surface area (Å²) in [6.45, 7) is 1.98. The molecule has 0 amide bonds. The first kappa shape index (κ1) is 11.0. The van der Waals surface area contributed by atoms with Crippen LogP contribution in [0.2, 0.25) is 0 Å². The van der Waals surface area contributed by atoms with Gasteiger partial charge in [0.25, 0.3) is 0 Å². The predicted molar refractivity (Wildman–Crippen MR) is 54.7 cm³/mol. The average molecular weight is 192 g/mol. The van der Waals surface area contributed by atoms with Crippen molar-refractivity contribution in [2.45, 2.75) is 45.4 Å². The number of rotatable bonds is 3. The Morgan fingerprint density at radius 1 is 1.36 bits per heavy atom. The molecular formula is C12H16O2. The van der Waals surface area contributed by atoms with E-state index in [1.54, 1.807) is 0 Å². The SMILES string of the molecule is C#CCC1(CCC)C(=O)CCCC1=O. The van der Waals surface area contributed by atoms with Crippen LogP contribution in [0.5, 0.6) is 0 Å². The van der Waals surface area contributed by atoms with Crippen molar-refractivity contribution in [2.24, 2.45) is 5.41 Å². The summed E-state index contributed by atoms with van der Waals surface area (Å²) >= 11 is 0. The molecule has 0 radical (unpaired) electrons. The maximum absolute atomic E-state index is 11.8. The molecule has 14 heavy (non-hydrogen) atoms. The highest BCUT2D eigenvalue weighted by molar-refractivity contribution is 6.09. The second kappa shape index (κ2) is 4.41. The first-order chi connectivity index (χ1) is 6.67. The zero-order valence-corrected chi connectivity index (χ0v) is 8.64. The molecule has 1 aliphatic rings. The predicted octanol–water partition coefficient (Wildman–Crippen LogP) is 2.12. The Balaban J connectivity index is 2.96. The van der Waals surface area contributed by atoms with Gasteiger partial charge in [0.2, 0.25) is 0 Å². The number of terminal acetylenes is 1. The van der Waals surface area contributed by atoms with E-state index in [1.165, 1.54) is 0 Å². The Hall–Kier alpha value is -1.10. The van der Waals surface area contributed by atoms with Crippen LogP contribution in [0.4, 0.5) is 0 Å². The maximum atomic E-state index is 11.8. The Labute approximate surface area is 85.1 Å². The second-order valence-electron chi connectivity index (χ2n) is 3.91. The first-order valence-corrected chi connectivity index (χ1v) is 5.17. The van der Waals surface area contributed by atoms with Gasteiger partial charge in [0.05, 0.1) is 5.41 Å². The van der Waals surface area contributed by atoms with Gasteiger partial charge < -0.3 is 0 Å². The van der Waals surface area contributed by atoms with Gasteiger partial charge in [-0.15, -0.1) is 12.3 Å². The van der Waals surface area contributed by atoms with Crippen LogP contribution in [-0.4, -0.2) is 11.6 Å². The molecule has 1 fully saturated rings. The van der Waals surface area contributed by atoms with E-state index in [0.29, 0.717) is 32.1 Å². The van der Waals surface area contributed by atoms with Crippen LogP contribution in [0.25, 0.3) is 0 Å². The third kappa shape index (κ3) is 1.72. The van der Waals surface area contributed by atoms with Crippen molar-refractivity contribution in [3.05, 3.63) is 0 Å². The Bertz CT molecular complexity index is 267. The summed E-state index contributed by atoms with van der Waals surface area (Å²) in [4.78, 5) is 23.6. The first-order valence-electron chi connectivity index (χ1n) is 5.17. The van der Waals surface area contributed by atoms with Gasteiger partial charge in [0.1, 0.15) is 11.6 Å². The van der Waals surface area contributed by atoms with Gasteiger partial charge in [-0.1, -0.05) is 13.3 Å². The molecule has 1 saturated carbocycles. The second-order valence-corrected chi connectivity index (χ2v) is 3.91. The van der Waals surface area contributed by atoms with E-state index in [9.17, 15) is 9.59 Å². The number of carbonyl (C=O) groups excluding carboxylic acids is 2. The molecule has 0 spiro atoms. The lowest BCUT2D eigenvalue weighted by atomic mass is 9.67. The van der Waals surface area contributed by atoms with E-state index in [1.807, 2.05) is 6.92 Å². The van der Waals surface area contributed by atoms with E-state index in [0.717, 1.165) is 6.42 Å². The lowest BCUT2D eigenvalue weighted by molar-refractivity contribution is -0.144. The summed E-state index contributed by atoms with van der Waals surface area (Å²) in [5.41, 5.74) is -0.818. The zero-order valence-electron chi connectivity index (χ0n) is 8.64. The summed E-state index contributed by atoms with van der Waals surface area (Å²) in [6, 6.07) is 0. The van der Waals surface area contributed by atoms with E-state index < -0.39 is 5.41 Å². The standard InChI is InChI=1S/C12H16O2/c1-3-8-12(9-4-2)10(13)6-5-7-11(12)14/h1H,4-9H2,2H3. The van der Waals surface area contributed by atoms with Crippen LogP contribution in [-0.2, 0) is 9.59 Å². The minimum absolute atomic E-state index is 0.0635. The topological polar surface area (TPSA) is 34.1 Å².